The van der Waals surface area contributed by atoms with Crippen LogP contribution in [0.25, 0.3) is 11.0 Å². The Bertz CT molecular complexity index is 1180. The van der Waals surface area contributed by atoms with E-state index in [0.29, 0.717) is 30.1 Å². The first kappa shape index (κ1) is 28.7. The highest BCUT2D eigenvalue weighted by Gasteiger charge is 2.46. The number of fused-ring (bicyclic) bond motifs is 1. The van der Waals surface area contributed by atoms with Crippen molar-refractivity contribution in [2.75, 3.05) is 0 Å². The Hall–Kier alpha value is -1.85. The summed E-state index contributed by atoms with van der Waals surface area (Å²) in [6.07, 6.45) is 1.80. The minimum atomic E-state index is -2.67. The zero-order chi connectivity index (χ0) is 28.2. The molecule has 0 aliphatic heterocycles. The number of alkyl halides is 4. The molecule has 3 aliphatic rings. The summed E-state index contributed by atoms with van der Waals surface area (Å²) in [6.45, 7) is 5.57. The lowest BCUT2D eigenvalue weighted by Crippen LogP contribution is -2.44. The van der Waals surface area contributed by atoms with Crippen molar-refractivity contribution in [1.29, 1.82) is 0 Å². The smallest absolute Gasteiger partial charge is 0.248 e. The maximum atomic E-state index is 13.9. The van der Waals surface area contributed by atoms with Gasteiger partial charge in [0.2, 0.25) is 17.8 Å². The first-order valence-corrected chi connectivity index (χ1v) is 15.1. The molecule has 3 atom stereocenters. The number of aromatic amines is 1. The van der Waals surface area contributed by atoms with Crippen molar-refractivity contribution in [1.82, 2.24) is 20.0 Å². The molecule has 0 spiro atoms. The van der Waals surface area contributed by atoms with Crippen LogP contribution in [0.2, 0.25) is 0 Å². The number of carbonyl (C=O) groups is 1. The van der Waals surface area contributed by atoms with E-state index in [1.807, 2.05) is 39.0 Å². The summed E-state index contributed by atoms with van der Waals surface area (Å²) in [6, 6.07) is 5.05. The zero-order valence-electron chi connectivity index (χ0n) is 22.7. The Kier molecular flexibility index (Phi) is 7.74. The Morgan fingerprint density at radius 3 is 2.31 bits per heavy atom. The summed E-state index contributed by atoms with van der Waals surface area (Å²) >= 11 is -1.42. The lowest BCUT2D eigenvalue weighted by molar-refractivity contribution is -0.134. The van der Waals surface area contributed by atoms with Crippen molar-refractivity contribution in [3.63, 3.8) is 0 Å². The standard InChI is InChI=1S/C28H38F4N4O2S/c1-26(2,3)39(38)36-24(18-8-10-27(29,30)11-9-18)25-33-20-7-6-19(13-21(20)34-25)23(17-4-5-17)35-22(37)12-16-14-28(31,32)15-16/h6-7,13,16-18,23-24,36H,4-5,8-12,14-15H2,1-3H3,(H,33,34)(H,35,37)/t23-,24-,39?/m0/s1. The van der Waals surface area contributed by atoms with Crippen LogP contribution in [0.15, 0.2) is 18.2 Å². The van der Waals surface area contributed by atoms with Crippen LogP contribution in [0.4, 0.5) is 17.6 Å². The van der Waals surface area contributed by atoms with Gasteiger partial charge in [0.15, 0.2) is 0 Å². The lowest BCUT2D eigenvalue weighted by Gasteiger charge is -2.35. The third kappa shape index (κ3) is 6.90. The molecule has 3 N–H and O–H groups in total. The fourth-order valence-electron chi connectivity index (χ4n) is 5.78. The predicted octanol–water partition coefficient (Wildman–Crippen LogP) is 6.48. The molecular weight excluding hydrogens is 532 g/mol. The van der Waals surface area contributed by atoms with Crippen molar-refractivity contribution >= 4 is 28.3 Å². The first-order valence-electron chi connectivity index (χ1n) is 13.9. The number of nitrogens with one attached hydrogen (secondary N) is 3. The molecule has 11 heteroatoms. The molecule has 39 heavy (non-hydrogen) atoms. The predicted molar refractivity (Wildman–Crippen MR) is 143 cm³/mol. The van der Waals surface area contributed by atoms with Gasteiger partial charge in [0.05, 0.1) is 17.1 Å². The number of hydrogen-bond acceptors (Lipinski definition) is 4. The molecule has 1 amide bonds. The molecule has 0 bridgehead atoms. The molecule has 1 aromatic carbocycles. The highest BCUT2D eigenvalue weighted by molar-refractivity contribution is 7.90. The first-order chi connectivity index (χ1) is 18.2. The van der Waals surface area contributed by atoms with Gasteiger partial charge in [-0.3, -0.25) is 4.79 Å². The van der Waals surface area contributed by atoms with Crippen LogP contribution in [0.1, 0.15) is 102 Å². The number of H-pyrrole nitrogens is 1. The van der Waals surface area contributed by atoms with E-state index in [1.165, 1.54) is 0 Å². The van der Waals surface area contributed by atoms with Crippen LogP contribution < -0.4 is 10.0 Å². The monoisotopic (exact) mass is 570 g/mol. The van der Waals surface area contributed by atoms with Gasteiger partial charge in [0, 0.05) is 43.5 Å². The van der Waals surface area contributed by atoms with Gasteiger partial charge in [-0.25, -0.2) is 22.5 Å². The van der Waals surface area contributed by atoms with Gasteiger partial charge < -0.3 is 14.9 Å². The molecule has 6 nitrogen and oxygen atoms in total. The molecule has 5 rings (SSSR count). The van der Waals surface area contributed by atoms with Crippen molar-refractivity contribution in [2.45, 2.75) is 107 Å². The number of aromatic nitrogens is 2. The van der Waals surface area contributed by atoms with E-state index < -0.39 is 34.0 Å². The second-order valence-electron chi connectivity index (χ2n) is 12.8. The summed E-state index contributed by atoms with van der Waals surface area (Å²) in [5, 5.41) is 3.08. The molecule has 0 radical (unpaired) electrons. The largest absolute Gasteiger partial charge is 0.598 e. The quantitative estimate of drug-likeness (QED) is 0.238. The van der Waals surface area contributed by atoms with Crippen LogP contribution in [0, 0.1) is 17.8 Å². The van der Waals surface area contributed by atoms with Crippen LogP contribution in [-0.2, 0) is 16.2 Å². The van der Waals surface area contributed by atoms with E-state index in [1.54, 1.807) is 0 Å². The zero-order valence-corrected chi connectivity index (χ0v) is 23.5. The second-order valence-corrected chi connectivity index (χ2v) is 14.8. The molecule has 3 aliphatic carbocycles. The molecule has 2 aromatic rings. The van der Waals surface area contributed by atoms with Gasteiger partial charge >= 0.3 is 0 Å². The number of carbonyl (C=O) groups excluding carboxylic acids is 1. The minimum Gasteiger partial charge on any atom is -0.598 e. The van der Waals surface area contributed by atoms with Crippen LogP contribution in [0.5, 0.6) is 0 Å². The number of rotatable bonds is 9. The van der Waals surface area contributed by atoms with Crippen LogP contribution >= 0.6 is 0 Å². The lowest BCUT2D eigenvalue weighted by atomic mass is 9.79. The number of imidazole rings is 1. The second kappa shape index (κ2) is 10.5. The highest BCUT2D eigenvalue weighted by Crippen LogP contribution is 2.46. The molecule has 0 saturated heterocycles. The summed E-state index contributed by atoms with van der Waals surface area (Å²) in [5.41, 5.74) is 2.35. The van der Waals surface area contributed by atoms with E-state index in [9.17, 15) is 26.9 Å². The topological polar surface area (TPSA) is 92.9 Å². The molecular formula is C28H38F4N4O2S. The summed E-state index contributed by atoms with van der Waals surface area (Å²) < 4.78 is 69.9. The third-order valence-electron chi connectivity index (χ3n) is 8.26. The molecule has 1 heterocycles. The fraction of sp³-hybridized carbons (Fsp3) is 0.714. The highest BCUT2D eigenvalue weighted by atomic mass is 32.2. The molecule has 1 unspecified atom stereocenters. The number of benzene rings is 1. The normalized spacial score (nSPS) is 24.2. The molecule has 3 fully saturated rings. The average Bonchev–Trinajstić information content (AvgIpc) is 3.57. The number of nitrogens with zero attached hydrogens (tertiary/aromatic N) is 1. The molecule has 1 aromatic heterocycles. The maximum Gasteiger partial charge on any atom is 0.248 e. The van der Waals surface area contributed by atoms with Gasteiger partial charge in [-0.2, -0.15) is 0 Å². The third-order valence-corrected chi connectivity index (χ3v) is 9.84. The Morgan fingerprint density at radius 1 is 1.08 bits per heavy atom. The Morgan fingerprint density at radius 2 is 1.72 bits per heavy atom. The molecule has 216 valence electrons. The van der Waals surface area contributed by atoms with Crippen LogP contribution in [-0.4, -0.2) is 37.0 Å². The van der Waals surface area contributed by atoms with E-state index >= 15 is 0 Å². The fourth-order valence-corrected chi connectivity index (χ4v) is 6.67. The molecule has 3 saturated carbocycles. The van der Waals surface area contributed by atoms with Gasteiger partial charge in [0.1, 0.15) is 16.6 Å². The van der Waals surface area contributed by atoms with Gasteiger partial charge in [-0.15, -0.1) is 4.72 Å². The van der Waals surface area contributed by atoms with Gasteiger partial charge in [-0.1, -0.05) is 6.07 Å². The van der Waals surface area contributed by atoms with Crippen molar-refractivity contribution in [3.05, 3.63) is 29.6 Å². The number of amides is 1. The van der Waals surface area contributed by atoms with E-state index in [2.05, 4.69) is 15.0 Å². The van der Waals surface area contributed by atoms with Gasteiger partial charge in [0.25, 0.3) is 0 Å². The Balaban J connectivity index is 1.35. The SMILES string of the molecule is CC(C)(C)[S+]([O-])N[C@H](c1nc2ccc([C@@H](NC(=O)CC3CC(F)(F)C3)C3CC3)cc2[nH]1)C1CCC(F)(F)CC1. The van der Waals surface area contributed by atoms with E-state index in [4.69, 9.17) is 4.98 Å². The van der Waals surface area contributed by atoms with Crippen LogP contribution in [0.3, 0.4) is 0 Å². The Labute approximate surface area is 229 Å². The summed E-state index contributed by atoms with van der Waals surface area (Å²) in [5.74, 6) is -5.09. The van der Waals surface area contributed by atoms with Crippen molar-refractivity contribution in [2.24, 2.45) is 17.8 Å². The maximum absolute atomic E-state index is 13.9. The van der Waals surface area contributed by atoms with E-state index in [0.717, 1.165) is 23.9 Å². The average molecular weight is 571 g/mol. The van der Waals surface area contributed by atoms with E-state index in [-0.39, 0.29) is 55.9 Å². The number of hydrogen-bond donors (Lipinski definition) is 3. The van der Waals surface area contributed by atoms with Gasteiger partial charge in [-0.05, 0) is 81.9 Å². The number of halogens is 4. The van der Waals surface area contributed by atoms with Crippen molar-refractivity contribution in [3.8, 4) is 0 Å². The summed E-state index contributed by atoms with van der Waals surface area (Å²) in [4.78, 5) is 20.8. The summed E-state index contributed by atoms with van der Waals surface area (Å²) in [7, 11) is 0. The minimum absolute atomic E-state index is 0.105. The van der Waals surface area contributed by atoms with Crippen molar-refractivity contribution < 1.29 is 26.9 Å².